The Balaban J connectivity index is 2.26. The molecule has 0 radical (unpaired) electrons. The molecule has 0 saturated heterocycles. The number of carbonyl (C=O) groups is 2. The Morgan fingerprint density at radius 1 is 1.18 bits per heavy atom. The summed E-state index contributed by atoms with van der Waals surface area (Å²) in [6, 6.07) is 3.47. The van der Waals surface area contributed by atoms with Crippen LogP contribution < -0.4 is 14.8 Å². The summed E-state index contributed by atoms with van der Waals surface area (Å²) in [7, 11) is 3.06. The predicted octanol–water partition coefficient (Wildman–Crippen LogP) is 0.669. The number of aliphatic hydroxyl groups is 1. The summed E-state index contributed by atoms with van der Waals surface area (Å²) in [5.41, 5.74) is 1.63. The molecular weight excluding hydrogens is 288 g/mol. The summed E-state index contributed by atoms with van der Waals surface area (Å²) in [6.45, 7) is 1.55. The van der Waals surface area contributed by atoms with Crippen LogP contribution in [0.3, 0.4) is 0 Å². The number of imide groups is 1. The van der Waals surface area contributed by atoms with Crippen molar-refractivity contribution in [2.24, 2.45) is 0 Å². The molecule has 0 atom stereocenters. The lowest BCUT2D eigenvalue weighted by Gasteiger charge is -2.16. The Bertz CT molecular complexity index is 639. The van der Waals surface area contributed by atoms with E-state index in [1.54, 1.807) is 19.2 Å². The number of benzene rings is 1. The van der Waals surface area contributed by atoms with Crippen LogP contribution in [0.15, 0.2) is 23.9 Å². The second-order valence-electron chi connectivity index (χ2n) is 4.72. The van der Waals surface area contributed by atoms with Crippen molar-refractivity contribution in [1.29, 1.82) is 0 Å². The molecule has 2 amide bonds. The van der Waals surface area contributed by atoms with Crippen LogP contribution in [0.4, 0.5) is 5.69 Å². The van der Waals surface area contributed by atoms with E-state index in [4.69, 9.17) is 14.6 Å². The maximum Gasteiger partial charge on any atom is 0.277 e. The third kappa shape index (κ3) is 2.89. The predicted molar refractivity (Wildman–Crippen MR) is 79.8 cm³/mol. The van der Waals surface area contributed by atoms with E-state index in [2.05, 4.69) is 5.32 Å². The zero-order valence-corrected chi connectivity index (χ0v) is 12.7. The van der Waals surface area contributed by atoms with Crippen molar-refractivity contribution in [3.05, 3.63) is 29.5 Å². The van der Waals surface area contributed by atoms with Crippen molar-refractivity contribution in [2.45, 2.75) is 6.92 Å². The van der Waals surface area contributed by atoms with Gasteiger partial charge < -0.3 is 19.9 Å². The Hall–Kier alpha value is -2.54. The van der Waals surface area contributed by atoms with Gasteiger partial charge in [-0.2, -0.15) is 0 Å². The van der Waals surface area contributed by atoms with E-state index < -0.39 is 11.8 Å². The lowest BCUT2D eigenvalue weighted by Crippen LogP contribution is -2.34. The molecule has 0 unspecified atom stereocenters. The second-order valence-corrected chi connectivity index (χ2v) is 4.72. The summed E-state index contributed by atoms with van der Waals surface area (Å²) in [5, 5.41) is 11.8. The van der Waals surface area contributed by atoms with Gasteiger partial charge in [-0.25, -0.2) is 0 Å². The van der Waals surface area contributed by atoms with Gasteiger partial charge in [-0.15, -0.1) is 0 Å². The fraction of sp³-hybridized carbons (Fsp3) is 0.333. The molecule has 0 aromatic heterocycles. The van der Waals surface area contributed by atoms with Crippen molar-refractivity contribution < 1.29 is 24.2 Å². The zero-order valence-electron chi connectivity index (χ0n) is 12.7. The highest BCUT2D eigenvalue weighted by Crippen LogP contribution is 2.33. The first-order valence-corrected chi connectivity index (χ1v) is 6.69. The standard InChI is InChI=1S/C15H18N2O5/c1-9-6-12(21-2)13(22-3)7-10(9)16-11-8-14(19)17(4-5-18)15(11)20/h6-8,16,18H,4-5H2,1-3H3. The van der Waals surface area contributed by atoms with Gasteiger partial charge in [-0.1, -0.05) is 0 Å². The fourth-order valence-corrected chi connectivity index (χ4v) is 2.17. The summed E-state index contributed by atoms with van der Waals surface area (Å²) < 4.78 is 10.4. The minimum atomic E-state index is -0.465. The van der Waals surface area contributed by atoms with E-state index in [0.717, 1.165) is 10.5 Å². The number of nitrogens with zero attached hydrogens (tertiary/aromatic N) is 1. The smallest absolute Gasteiger partial charge is 0.277 e. The van der Waals surface area contributed by atoms with Crippen molar-refractivity contribution in [3.63, 3.8) is 0 Å². The number of β-amino-alcohol motifs (C(OH)–C–C–N with tert-alkyl or cyclic N) is 1. The normalized spacial score (nSPS) is 14.2. The first kappa shape index (κ1) is 15.8. The Morgan fingerprint density at radius 3 is 2.41 bits per heavy atom. The summed E-state index contributed by atoms with van der Waals surface area (Å²) >= 11 is 0. The third-order valence-electron chi connectivity index (χ3n) is 3.33. The molecule has 0 aliphatic carbocycles. The highest BCUT2D eigenvalue weighted by molar-refractivity contribution is 6.17. The van der Waals surface area contributed by atoms with Gasteiger partial charge in [0.15, 0.2) is 11.5 Å². The molecule has 7 nitrogen and oxygen atoms in total. The molecule has 1 aromatic rings. The van der Waals surface area contributed by atoms with E-state index in [-0.39, 0.29) is 18.8 Å². The number of hydrogen-bond donors (Lipinski definition) is 2. The van der Waals surface area contributed by atoms with Crippen LogP contribution >= 0.6 is 0 Å². The maximum absolute atomic E-state index is 12.1. The SMILES string of the molecule is COc1cc(C)c(NC2=CC(=O)N(CCO)C2=O)cc1OC. The molecule has 0 fully saturated rings. The number of ether oxygens (including phenoxy) is 2. The highest BCUT2D eigenvalue weighted by Gasteiger charge is 2.30. The molecule has 1 aliphatic rings. The van der Waals surface area contributed by atoms with Crippen molar-refractivity contribution in [2.75, 3.05) is 32.7 Å². The molecule has 1 aliphatic heterocycles. The molecule has 2 N–H and O–H groups in total. The van der Waals surface area contributed by atoms with Gasteiger partial charge >= 0.3 is 0 Å². The molecule has 118 valence electrons. The minimum absolute atomic E-state index is 0.0235. The quantitative estimate of drug-likeness (QED) is 0.751. The Morgan fingerprint density at radius 2 is 1.82 bits per heavy atom. The molecule has 2 rings (SSSR count). The van der Waals surface area contributed by atoms with E-state index in [1.165, 1.54) is 13.2 Å². The van der Waals surface area contributed by atoms with Crippen LogP contribution in [0.1, 0.15) is 5.56 Å². The maximum atomic E-state index is 12.1. The number of hydrogen-bond acceptors (Lipinski definition) is 6. The minimum Gasteiger partial charge on any atom is -0.493 e. The molecule has 0 bridgehead atoms. The first-order chi connectivity index (χ1) is 10.5. The van der Waals surface area contributed by atoms with Crippen LogP contribution in [-0.4, -0.2) is 49.2 Å². The van der Waals surface area contributed by atoms with E-state index in [9.17, 15) is 9.59 Å². The highest BCUT2D eigenvalue weighted by atomic mass is 16.5. The number of rotatable bonds is 6. The first-order valence-electron chi connectivity index (χ1n) is 6.69. The third-order valence-corrected chi connectivity index (χ3v) is 3.33. The van der Waals surface area contributed by atoms with Gasteiger partial charge in [0.05, 0.1) is 27.4 Å². The molecular formula is C15H18N2O5. The van der Waals surface area contributed by atoms with Crippen LogP contribution in [0, 0.1) is 6.92 Å². The zero-order chi connectivity index (χ0) is 16.3. The van der Waals surface area contributed by atoms with Gasteiger partial charge in [0.2, 0.25) is 0 Å². The molecule has 22 heavy (non-hydrogen) atoms. The van der Waals surface area contributed by atoms with Crippen LogP contribution in [0.5, 0.6) is 11.5 Å². The summed E-state index contributed by atoms with van der Waals surface area (Å²) in [6.07, 6.45) is 1.22. The number of methoxy groups -OCH3 is 2. The van der Waals surface area contributed by atoms with E-state index in [1.807, 2.05) is 6.92 Å². The molecule has 0 spiro atoms. The number of anilines is 1. The summed E-state index contributed by atoms with van der Waals surface area (Å²) in [4.78, 5) is 24.8. The van der Waals surface area contributed by atoms with Crippen LogP contribution in [0.2, 0.25) is 0 Å². The molecule has 7 heteroatoms. The van der Waals surface area contributed by atoms with Gasteiger partial charge in [0.1, 0.15) is 5.70 Å². The van der Waals surface area contributed by atoms with E-state index in [0.29, 0.717) is 17.2 Å². The largest absolute Gasteiger partial charge is 0.493 e. The average Bonchev–Trinajstić information content (AvgIpc) is 2.76. The van der Waals surface area contributed by atoms with Crippen LogP contribution in [-0.2, 0) is 9.59 Å². The lowest BCUT2D eigenvalue weighted by atomic mass is 10.1. The van der Waals surface area contributed by atoms with Crippen LogP contribution in [0.25, 0.3) is 0 Å². The van der Waals surface area contributed by atoms with Crippen molar-refractivity contribution in [1.82, 2.24) is 4.90 Å². The monoisotopic (exact) mass is 306 g/mol. The second kappa shape index (κ2) is 6.48. The molecule has 1 aromatic carbocycles. The van der Waals surface area contributed by atoms with Gasteiger partial charge in [0.25, 0.3) is 11.8 Å². The summed E-state index contributed by atoms with van der Waals surface area (Å²) in [5.74, 6) is 0.184. The molecule has 0 saturated carbocycles. The van der Waals surface area contributed by atoms with Gasteiger partial charge in [0, 0.05) is 17.8 Å². The number of nitrogens with one attached hydrogen (secondary N) is 1. The number of amides is 2. The Labute approximate surface area is 128 Å². The number of aryl methyl sites for hydroxylation is 1. The fourth-order valence-electron chi connectivity index (χ4n) is 2.17. The van der Waals surface area contributed by atoms with Gasteiger partial charge in [-0.05, 0) is 18.6 Å². The van der Waals surface area contributed by atoms with Crippen molar-refractivity contribution >= 4 is 17.5 Å². The topological polar surface area (TPSA) is 88.1 Å². The number of carbonyl (C=O) groups excluding carboxylic acids is 2. The molecule has 1 heterocycles. The lowest BCUT2D eigenvalue weighted by molar-refractivity contribution is -0.137. The van der Waals surface area contributed by atoms with Gasteiger partial charge in [-0.3, -0.25) is 14.5 Å². The van der Waals surface area contributed by atoms with Crippen molar-refractivity contribution in [3.8, 4) is 11.5 Å². The Kier molecular flexibility index (Phi) is 4.67. The van der Waals surface area contributed by atoms with E-state index >= 15 is 0 Å². The average molecular weight is 306 g/mol. The number of aliphatic hydroxyl groups excluding tert-OH is 1.